The lowest BCUT2D eigenvalue weighted by atomic mass is 9.93. The number of fused-ring (bicyclic) bond motifs is 1. The summed E-state index contributed by atoms with van der Waals surface area (Å²) >= 11 is 4.12. The molecule has 0 radical (unpaired) electrons. The molecule has 2 saturated carbocycles. The fraction of sp³-hybridized carbons (Fsp3) is 0.616. The highest BCUT2D eigenvalue weighted by molar-refractivity contribution is 7.80. The number of rotatable bonds is 47. The molecule has 0 bridgehead atoms. The van der Waals surface area contributed by atoms with Gasteiger partial charge in [0.2, 0.25) is 60.0 Å². The number of hydrogen-bond acceptors (Lipinski definition) is 18. The van der Waals surface area contributed by atoms with Crippen LogP contribution < -0.4 is 37.3 Å². The summed E-state index contributed by atoms with van der Waals surface area (Å²) in [5.74, 6) is -4.57. The van der Waals surface area contributed by atoms with Gasteiger partial charge in [-0.05, 0) is 145 Å². The summed E-state index contributed by atoms with van der Waals surface area (Å²) in [6.07, 6.45) is 11.4. The molecule has 2 aliphatic carbocycles. The van der Waals surface area contributed by atoms with E-state index in [1.807, 2.05) is 78.9 Å². The average Bonchev–Trinajstić information content (AvgIpc) is 1.73. The number of ether oxygens (including phenoxy) is 3. The molecule has 3 aromatic carbocycles. The van der Waals surface area contributed by atoms with E-state index in [0.717, 1.165) is 55.2 Å². The van der Waals surface area contributed by atoms with Crippen molar-refractivity contribution in [2.24, 2.45) is 17.2 Å². The molecule has 0 saturated heterocycles. The van der Waals surface area contributed by atoms with Gasteiger partial charge in [-0.2, -0.15) is 12.6 Å². The average molecular weight is 1430 g/mol. The molecule has 28 heteroatoms. The molecular weight excluding hydrogens is 1310 g/mol. The first-order valence-electron chi connectivity index (χ1n) is 36.2. The lowest BCUT2D eigenvalue weighted by molar-refractivity contribution is -0.153. The minimum atomic E-state index is -1.25. The van der Waals surface area contributed by atoms with Crippen molar-refractivity contribution in [1.29, 1.82) is 0 Å². The maximum atomic E-state index is 15.3. The molecule has 27 nitrogen and oxygen atoms in total. The Morgan fingerprint density at radius 3 is 1.41 bits per heavy atom. The lowest BCUT2D eigenvalue weighted by Gasteiger charge is -2.39. The zero-order valence-electron chi connectivity index (χ0n) is 59.2. The van der Waals surface area contributed by atoms with Crippen LogP contribution >= 0.6 is 12.6 Å². The predicted molar refractivity (Wildman–Crippen MR) is 386 cm³/mol. The molecule has 101 heavy (non-hydrogen) atoms. The number of carboxylic acid groups (broad SMARTS) is 1. The normalized spacial score (nSPS) is 13.9. The van der Waals surface area contributed by atoms with E-state index in [4.69, 9.17) is 31.4 Å². The molecule has 3 aliphatic rings. The molecule has 2 fully saturated rings. The van der Waals surface area contributed by atoms with E-state index in [0.29, 0.717) is 108 Å². The van der Waals surface area contributed by atoms with Crippen LogP contribution in [0.2, 0.25) is 0 Å². The van der Waals surface area contributed by atoms with Crippen LogP contribution in [0.5, 0.6) is 11.5 Å². The van der Waals surface area contributed by atoms with Crippen LogP contribution in [0.4, 0.5) is 0 Å². The highest BCUT2D eigenvalue weighted by atomic mass is 32.1. The quantitative estimate of drug-likeness (QED) is 0.0242. The Morgan fingerprint density at radius 2 is 0.931 bits per heavy atom. The van der Waals surface area contributed by atoms with Crippen LogP contribution in [-0.4, -0.2) is 259 Å². The molecule has 9 amide bonds. The Labute approximate surface area is 601 Å². The van der Waals surface area contributed by atoms with Gasteiger partial charge in [-0.25, -0.2) is 4.79 Å². The lowest BCUT2D eigenvalue weighted by Crippen LogP contribution is -2.56. The van der Waals surface area contributed by atoms with Crippen molar-refractivity contribution in [3.8, 4) is 11.5 Å². The largest absolute Gasteiger partial charge is 0.480 e. The number of benzene rings is 3. The Hall–Kier alpha value is -7.89. The Balaban J connectivity index is 1.22. The smallest absolute Gasteiger partial charge is 0.326 e. The van der Waals surface area contributed by atoms with E-state index in [1.165, 1.54) is 24.5 Å². The van der Waals surface area contributed by atoms with Gasteiger partial charge in [0.05, 0.1) is 39.3 Å². The predicted octanol–water partition coefficient (Wildman–Crippen LogP) is 3.38. The molecule has 0 aromatic heterocycles. The number of carbonyl (C=O) groups excluding carboxylic acids is 9. The molecular formula is C73H111N13O14S. The van der Waals surface area contributed by atoms with E-state index in [9.17, 15) is 33.9 Å². The summed E-state index contributed by atoms with van der Waals surface area (Å²) in [5, 5.41) is 15.4. The zero-order chi connectivity index (χ0) is 72.7. The molecule has 1 heterocycles. The molecule has 1 atom stereocenters. The second-order valence-electron chi connectivity index (χ2n) is 26.1. The number of hydrogen-bond donors (Lipinski definition) is 7. The van der Waals surface area contributed by atoms with E-state index in [-0.39, 0.29) is 115 Å². The Morgan fingerprint density at radius 1 is 0.505 bits per heavy atom. The van der Waals surface area contributed by atoms with Crippen molar-refractivity contribution in [3.05, 3.63) is 95.6 Å². The third-order valence-electron chi connectivity index (χ3n) is 18.6. The van der Waals surface area contributed by atoms with Crippen molar-refractivity contribution in [2.45, 2.75) is 154 Å². The molecule has 3 aromatic rings. The van der Waals surface area contributed by atoms with E-state index < -0.39 is 92.6 Å². The van der Waals surface area contributed by atoms with Gasteiger partial charge < -0.3 is 86.4 Å². The van der Waals surface area contributed by atoms with Gasteiger partial charge >= 0.3 is 5.97 Å². The van der Waals surface area contributed by atoms with Crippen LogP contribution in [0.1, 0.15) is 133 Å². The number of unbranched alkanes of at least 4 members (excludes halogenated alkanes) is 3. The van der Waals surface area contributed by atoms with Gasteiger partial charge in [0.15, 0.2) is 11.5 Å². The van der Waals surface area contributed by atoms with Crippen LogP contribution in [0, 0.1) is 0 Å². The summed E-state index contributed by atoms with van der Waals surface area (Å²) in [7, 11) is 0. The first kappa shape index (κ1) is 82.1. The van der Waals surface area contributed by atoms with E-state index >= 15 is 19.2 Å². The summed E-state index contributed by atoms with van der Waals surface area (Å²) in [5.41, 5.74) is 20.3. The highest BCUT2D eigenvalue weighted by Gasteiger charge is 2.36. The monoisotopic (exact) mass is 1430 g/mol. The van der Waals surface area contributed by atoms with Gasteiger partial charge in [-0.3, -0.25) is 43.2 Å². The topological polar surface area (TPSA) is 347 Å². The van der Waals surface area contributed by atoms with Crippen molar-refractivity contribution < 1.29 is 67.3 Å². The van der Waals surface area contributed by atoms with E-state index in [2.05, 4.69) is 23.3 Å². The summed E-state index contributed by atoms with van der Waals surface area (Å²) in [6, 6.07) is 22.8. The minimum Gasteiger partial charge on any atom is -0.480 e. The number of thiol groups is 1. The molecule has 1 aliphatic heterocycles. The summed E-state index contributed by atoms with van der Waals surface area (Å²) in [6.45, 7) is -0.137. The third-order valence-corrected chi connectivity index (χ3v) is 18.8. The number of nitrogens with one attached hydrogen (secondary N) is 2. The minimum absolute atomic E-state index is 0.0235. The first-order chi connectivity index (χ1) is 48.9. The van der Waals surface area contributed by atoms with E-state index in [1.54, 1.807) is 21.6 Å². The molecule has 9 N–H and O–H groups in total. The molecule has 6 rings (SSSR count). The van der Waals surface area contributed by atoms with Crippen LogP contribution in [0.25, 0.3) is 0 Å². The second kappa shape index (κ2) is 45.9. The first-order valence-corrected chi connectivity index (χ1v) is 36.8. The number of aliphatic carboxylic acids is 1. The van der Waals surface area contributed by atoms with Crippen LogP contribution in [-0.2, 0) is 72.1 Å². The standard InChI is InChI=1S/C73H111N13O14S/c1-2-98-54-84(50-69(92)83(41-32-57-23-9-4-10-24-57)49-68(91)81(39-20-17-36-76)48-67(90)80(38-19-16-35-75)47-66(89)79(37-18-15-34-74)46-64(87)78-61(33-42-101)73(96)97)70(93)52-85(59-25-11-5-12-26-59)72(95)53-86(60-27-13-6-14-28-60)71(94)51-82(40-31-56-21-7-3-8-22-56)65(88)45-77-44-58-29-30-62-63(43-58)100-55-99-62/h3-4,7-10,21-24,29-30,43,59-61,77,101H,2,5-6,11-20,25-28,31-42,44-55,74-76H2,1H3,(H,78,87)(H,96,97). The summed E-state index contributed by atoms with van der Waals surface area (Å²) in [4.78, 5) is 155. The van der Waals surface area contributed by atoms with Gasteiger partial charge in [-0.15, -0.1) is 0 Å². The fourth-order valence-corrected chi connectivity index (χ4v) is 13.0. The highest BCUT2D eigenvalue weighted by Crippen LogP contribution is 2.33. The Bertz CT molecular complexity index is 3070. The van der Waals surface area contributed by atoms with Crippen molar-refractivity contribution >= 4 is 71.8 Å². The zero-order valence-corrected chi connectivity index (χ0v) is 60.1. The molecule has 1 unspecified atom stereocenters. The number of carboxylic acids is 1. The van der Waals surface area contributed by atoms with Crippen LogP contribution in [0.15, 0.2) is 78.9 Å². The van der Waals surface area contributed by atoms with Gasteiger partial charge in [0, 0.05) is 58.0 Å². The number of amides is 9. The van der Waals surface area contributed by atoms with Crippen molar-refractivity contribution in [3.63, 3.8) is 0 Å². The number of nitrogens with zero attached hydrogens (tertiary/aromatic N) is 8. The molecule has 558 valence electrons. The maximum Gasteiger partial charge on any atom is 0.326 e. The SMILES string of the molecule is CCOCN(CC(=O)N(CCc1ccccc1)CC(=O)N(CCCCN)CC(=O)N(CCCCN)CC(=O)N(CCCCN)CC(=O)NC(CCS)C(=O)O)C(=O)CN(C(=O)CN(C(=O)CN(CCc1ccccc1)C(=O)CNCc1ccc2c(c1)OCO2)C1CCCCC1)C1CCCCC1. The second-order valence-corrected chi connectivity index (χ2v) is 26.6. The van der Waals surface area contributed by atoms with Gasteiger partial charge in [-0.1, -0.05) is 105 Å². The van der Waals surface area contributed by atoms with Crippen molar-refractivity contribution in [1.82, 2.24) is 49.8 Å². The molecule has 0 spiro atoms. The fourth-order valence-electron chi connectivity index (χ4n) is 12.7. The number of carbonyl (C=O) groups is 10. The maximum absolute atomic E-state index is 15.3. The van der Waals surface area contributed by atoms with Crippen molar-refractivity contribution in [2.75, 3.05) is 137 Å². The Kier molecular flexibility index (Phi) is 37.3. The van der Waals surface area contributed by atoms with Gasteiger partial charge in [0.25, 0.3) is 0 Å². The third kappa shape index (κ3) is 28.8. The van der Waals surface area contributed by atoms with Gasteiger partial charge in [0.1, 0.15) is 32.4 Å². The summed E-state index contributed by atoms with van der Waals surface area (Å²) < 4.78 is 16.9. The van der Waals surface area contributed by atoms with Crippen LogP contribution in [0.3, 0.4) is 0 Å². The number of nitrogens with two attached hydrogens (primary N) is 3.